The molecule has 1 aromatic carbocycles. The summed E-state index contributed by atoms with van der Waals surface area (Å²) in [5.74, 6) is -0.190. The third kappa shape index (κ3) is 5.68. The van der Waals surface area contributed by atoms with Crippen molar-refractivity contribution < 1.29 is 9.53 Å². The van der Waals surface area contributed by atoms with E-state index in [4.69, 9.17) is 33.7 Å². The molecule has 0 saturated carbocycles. The van der Waals surface area contributed by atoms with Gasteiger partial charge in [-0.05, 0) is 18.6 Å². The first kappa shape index (κ1) is 16.1. The molecule has 0 atom stereocenters. The van der Waals surface area contributed by atoms with Gasteiger partial charge in [-0.2, -0.15) is 0 Å². The summed E-state index contributed by atoms with van der Waals surface area (Å²) in [7, 11) is 0. The highest BCUT2D eigenvalue weighted by atomic mass is 35.5. The normalized spacial score (nSPS) is 10.5. The summed E-state index contributed by atoms with van der Waals surface area (Å²) >= 11 is 11.9. The summed E-state index contributed by atoms with van der Waals surface area (Å²) in [4.78, 5) is 11.7. The summed E-state index contributed by atoms with van der Waals surface area (Å²) in [5, 5.41) is 3.31. The smallest absolute Gasteiger partial charge is 0.226 e. The van der Waals surface area contributed by atoms with Crippen LogP contribution in [0.1, 0.15) is 26.2 Å². The lowest BCUT2D eigenvalue weighted by molar-refractivity contribution is -0.117. The number of hydrogen-bond acceptors (Lipinski definition) is 3. The van der Waals surface area contributed by atoms with Crippen LogP contribution < -0.4 is 11.1 Å². The second-order valence-corrected chi connectivity index (χ2v) is 4.94. The van der Waals surface area contributed by atoms with Gasteiger partial charge in [-0.25, -0.2) is 0 Å². The first-order chi connectivity index (χ1) is 9.04. The molecule has 0 saturated heterocycles. The number of carbonyl (C=O) groups is 1. The number of rotatable bonds is 7. The van der Waals surface area contributed by atoms with Gasteiger partial charge in [0.1, 0.15) is 0 Å². The summed E-state index contributed by atoms with van der Waals surface area (Å²) in [6.07, 6.45) is 2.33. The minimum absolute atomic E-state index is 0.190. The SMILES string of the molecule is CCCCOCCC(=O)Nc1c(Cl)cc(N)cc1Cl. The third-order valence-corrected chi connectivity index (χ3v) is 3.04. The molecule has 0 heterocycles. The van der Waals surface area contributed by atoms with Gasteiger partial charge in [-0.3, -0.25) is 4.79 Å². The Balaban J connectivity index is 2.44. The van der Waals surface area contributed by atoms with Crippen LogP contribution >= 0.6 is 23.2 Å². The van der Waals surface area contributed by atoms with Gasteiger partial charge in [0.2, 0.25) is 5.91 Å². The maximum absolute atomic E-state index is 11.7. The van der Waals surface area contributed by atoms with Crippen LogP contribution in [0.5, 0.6) is 0 Å². The zero-order valence-electron chi connectivity index (χ0n) is 10.8. The van der Waals surface area contributed by atoms with E-state index in [1.165, 1.54) is 0 Å². The fourth-order valence-corrected chi connectivity index (χ4v) is 2.03. The molecule has 0 aromatic heterocycles. The van der Waals surface area contributed by atoms with E-state index in [2.05, 4.69) is 12.2 Å². The number of benzene rings is 1. The molecule has 3 N–H and O–H groups in total. The predicted octanol–water partition coefficient (Wildman–Crippen LogP) is 3.72. The van der Waals surface area contributed by atoms with E-state index in [9.17, 15) is 4.79 Å². The molecule has 6 heteroatoms. The molecule has 1 rings (SSSR count). The Hall–Kier alpha value is -0.970. The van der Waals surface area contributed by atoms with Crippen LogP contribution in [0.15, 0.2) is 12.1 Å². The summed E-state index contributed by atoms with van der Waals surface area (Å²) in [6, 6.07) is 3.08. The number of nitrogens with two attached hydrogens (primary N) is 1. The van der Waals surface area contributed by atoms with Gasteiger partial charge in [0.15, 0.2) is 0 Å². The minimum atomic E-state index is -0.190. The lowest BCUT2D eigenvalue weighted by Gasteiger charge is -2.10. The van der Waals surface area contributed by atoms with E-state index in [1.807, 2.05) is 0 Å². The van der Waals surface area contributed by atoms with Gasteiger partial charge in [-0.15, -0.1) is 0 Å². The van der Waals surface area contributed by atoms with Gasteiger partial charge in [0.05, 0.1) is 28.8 Å². The van der Waals surface area contributed by atoms with Crippen LogP contribution in [-0.4, -0.2) is 19.1 Å². The van der Waals surface area contributed by atoms with Crippen LogP contribution in [0, 0.1) is 0 Å². The molecule has 106 valence electrons. The van der Waals surface area contributed by atoms with Gasteiger partial charge in [-0.1, -0.05) is 36.5 Å². The number of ether oxygens (including phenoxy) is 1. The van der Waals surface area contributed by atoms with Crippen molar-refractivity contribution in [1.29, 1.82) is 0 Å². The monoisotopic (exact) mass is 304 g/mol. The van der Waals surface area contributed by atoms with E-state index >= 15 is 0 Å². The highest BCUT2D eigenvalue weighted by Gasteiger charge is 2.10. The standard InChI is InChI=1S/C13H18Cl2N2O2/c1-2-3-5-19-6-4-12(18)17-13-10(14)7-9(16)8-11(13)15/h7-8H,2-6,16H2,1H3,(H,17,18). The molecule has 0 unspecified atom stereocenters. The fourth-order valence-electron chi connectivity index (χ4n) is 1.43. The quantitative estimate of drug-likeness (QED) is 0.596. The molecule has 0 fully saturated rings. The number of carbonyl (C=O) groups excluding carboxylic acids is 1. The fraction of sp³-hybridized carbons (Fsp3) is 0.462. The van der Waals surface area contributed by atoms with E-state index in [-0.39, 0.29) is 12.3 Å². The van der Waals surface area contributed by atoms with Crippen molar-refractivity contribution in [2.75, 3.05) is 24.3 Å². The Kier molecular flexibility index (Phi) is 6.99. The van der Waals surface area contributed by atoms with Crippen LogP contribution in [0.25, 0.3) is 0 Å². The lowest BCUT2D eigenvalue weighted by atomic mass is 10.2. The second kappa shape index (κ2) is 8.25. The molecular weight excluding hydrogens is 287 g/mol. The maximum atomic E-state index is 11.7. The topological polar surface area (TPSA) is 64.3 Å². The summed E-state index contributed by atoms with van der Waals surface area (Å²) < 4.78 is 5.32. The largest absolute Gasteiger partial charge is 0.399 e. The molecular formula is C13H18Cl2N2O2. The Labute approximate surface area is 123 Å². The van der Waals surface area contributed by atoms with Crippen molar-refractivity contribution in [3.8, 4) is 0 Å². The van der Waals surface area contributed by atoms with Crippen molar-refractivity contribution >= 4 is 40.5 Å². The molecule has 1 amide bonds. The zero-order chi connectivity index (χ0) is 14.3. The summed E-state index contributed by atoms with van der Waals surface area (Å²) in [6.45, 7) is 3.14. The molecule has 0 aliphatic heterocycles. The molecule has 0 bridgehead atoms. The first-order valence-electron chi connectivity index (χ1n) is 6.16. The van der Waals surface area contributed by atoms with Gasteiger partial charge < -0.3 is 15.8 Å². The highest BCUT2D eigenvalue weighted by Crippen LogP contribution is 2.32. The molecule has 0 aliphatic rings. The number of amides is 1. The molecule has 0 aliphatic carbocycles. The van der Waals surface area contributed by atoms with Crippen LogP contribution in [-0.2, 0) is 9.53 Å². The highest BCUT2D eigenvalue weighted by molar-refractivity contribution is 6.40. The lowest BCUT2D eigenvalue weighted by Crippen LogP contribution is -2.15. The molecule has 19 heavy (non-hydrogen) atoms. The van der Waals surface area contributed by atoms with Crippen molar-refractivity contribution in [1.82, 2.24) is 0 Å². The third-order valence-electron chi connectivity index (χ3n) is 2.44. The number of unbranched alkanes of at least 4 members (excludes halogenated alkanes) is 1. The minimum Gasteiger partial charge on any atom is -0.399 e. The van der Waals surface area contributed by atoms with Gasteiger partial charge >= 0.3 is 0 Å². The van der Waals surface area contributed by atoms with Gasteiger partial charge in [0.25, 0.3) is 0 Å². The van der Waals surface area contributed by atoms with E-state index in [0.29, 0.717) is 34.6 Å². The van der Waals surface area contributed by atoms with Crippen molar-refractivity contribution in [3.63, 3.8) is 0 Å². The average molecular weight is 305 g/mol. The van der Waals surface area contributed by atoms with E-state index < -0.39 is 0 Å². The van der Waals surface area contributed by atoms with Crippen LogP contribution in [0.3, 0.4) is 0 Å². The number of nitrogens with one attached hydrogen (secondary N) is 1. The average Bonchev–Trinajstić information content (AvgIpc) is 2.33. The molecule has 4 nitrogen and oxygen atoms in total. The van der Waals surface area contributed by atoms with Crippen molar-refractivity contribution in [2.45, 2.75) is 26.2 Å². The van der Waals surface area contributed by atoms with Crippen LogP contribution in [0.2, 0.25) is 10.0 Å². The molecule has 1 aromatic rings. The molecule has 0 radical (unpaired) electrons. The predicted molar refractivity (Wildman–Crippen MR) is 79.8 cm³/mol. The van der Waals surface area contributed by atoms with E-state index in [0.717, 1.165) is 12.8 Å². The Morgan fingerprint density at radius 3 is 2.53 bits per heavy atom. The number of halogens is 2. The Morgan fingerprint density at radius 1 is 1.32 bits per heavy atom. The summed E-state index contributed by atoms with van der Waals surface area (Å²) in [5.41, 5.74) is 6.42. The van der Waals surface area contributed by atoms with E-state index in [1.54, 1.807) is 12.1 Å². The maximum Gasteiger partial charge on any atom is 0.226 e. The van der Waals surface area contributed by atoms with Gasteiger partial charge in [0, 0.05) is 12.3 Å². The number of hydrogen-bond donors (Lipinski definition) is 2. The zero-order valence-corrected chi connectivity index (χ0v) is 12.4. The van der Waals surface area contributed by atoms with Crippen molar-refractivity contribution in [3.05, 3.63) is 22.2 Å². The second-order valence-electron chi connectivity index (χ2n) is 4.12. The molecule has 0 spiro atoms. The van der Waals surface area contributed by atoms with Crippen molar-refractivity contribution in [2.24, 2.45) is 0 Å². The number of nitrogen functional groups attached to an aromatic ring is 1. The Bertz CT molecular complexity index is 416. The number of anilines is 2. The first-order valence-corrected chi connectivity index (χ1v) is 6.92. The Morgan fingerprint density at radius 2 is 1.95 bits per heavy atom. The van der Waals surface area contributed by atoms with Crippen LogP contribution in [0.4, 0.5) is 11.4 Å².